The van der Waals surface area contributed by atoms with Crippen molar-refractivity contribution in [1.82, 2.24) is 5.32 Å². The molecule has 0 aliphatic rings. The van der Waals surface area contributed by atoms with Crippen molar-refractivity contribution in [3.8, 4) is 0 Å². The maximum Gasteiger partial charge on any atom is 0.472 e. The van der Waals surface area contributed by atoms with Gasteiger partial charge >= 0.3 is 7.82 Å². The van der Waals surface area contributed by atoms with Gasteiger partial charge < -0.3 is 26.2 Å². The van der Waals surface area contributed by atoms with Gasteiger partial charge in [0.1, 0.15) is 0 Å². The highest BCUT2D eigenvalue weighted by molar-refractivity contribution is 7.47. The zero-order valence-electron chi connectivity index (χ0n) is 31.8. The molecule has 4 atom stereocenters. The summed E-state index contributed by atoms with van der Waals surface area (Å²) in [7, 11) is -4.39. The van der Waals surface area contributed by atoms with Gasteiger partial charge in [-0.25, -0.2) is 4.57 Å². The molecule has 49 heavy (non-hydrogen) atoms. The number of nitrogens with one attached hydrogen (secondary N) is 1. The second-order valence-electron chi connectivity index (χ2n) is 14.0. The number of hydrogen-bond acceptors (Lipinski definition) is 7. The molecule has 0 aromatic heterocycles. The number of carbonyl (C=O) groups excluding carboxylic acids is 1. The minimum Gasteiger partial charge on any atom is -0.393 e. The Balaban J connectivity index is 4.38. The van der Waals surface area contributed by atoms with Gasteiger partial charge in [-0.1, -0.05) is 180 Å². The quantitative estimate of drug-likeness (QED) is 0.0240. The topological polar surface area (TPSA) is 151 Å². The number of rotatable bonds is 38. The first-order valence-electron chi connectivity index (χ1n) is 20.4. The fourth-order valence-corrected chi connectivity index (χ4v) is 6.82. The summed E-state index contributed by atoms with van der Waals surface area (Å²) in [5.41, 5.74) is 5.35. The first-order valence-corrected chi connectivity index (χ1v) is 21.9. The van der Waals surface area contributed by atoms with E-state index in [0.717, 1.165) is 38.5 Å². The molecule has 0 saturated carbocycles. The fraction of sp³-hybridized carbons (Fsp3) is 0.923. The predicted molar refractivity (Wildman–Crippen MR) is 204 cm³/mol. The smallest absolute Gasteiger partial charge is 0.393 e. The first-order chi connectivity index (χ1) is 23.8. The molecule has 10 heteroatoms. The lowest BCUT2D eigenvalue weighted by Crippen LogP contribution is -2.46. The Kier molecular flexibility index (Phi) is 35.0. The third-order valence-electron chi connectivity index (χ3n) is 9.17. The number of phosphoric ester groups is 1. The van der Waals surface area contributed by atoms with Crippen LogP contribution in [0.4, 0.5) is 0 Å². The molecule has 0 aliphatic heterocycles. The number of aliphatic hydroxyl groups excluding tert-OH is 2. The van der Waals surface area contributed by atoms with E-state index in [-0.39, 0.29) is 19.6 Å². The lowest BCUT2D eigenvalue weighted by atomic mass is 10.0. The number of phosphoric acid groups is 1. The molecule has 6 N–H and O–H groups in total. The van der Waals surface area contributed by atoms with Crippen LogP contribution in [0, 0.1) is 0 Å². The van der Waals surface area contributed by atoms with Crippen molar-refractivity contribution >= 4 is 13.7 Å². The van der Waals surface area contributed by atoms with Gasteiger partial charge in [0.2, 0.25) is 5.91 Å². The van der Waals surface area contributed by atoms with E-state index in [4.69, 9.17) is 14.8 Å². The SMILES string of the molecule is CCCCCCCCCCCCCCC/C=C/C(O)C(COP(=O)(O)OCCN)NC(=O)CC(O)CCCCCCCCCCCCCC. The molecule has 0 spiro atoms. The minimum absolute atomic E-state index is 0.0513. The fourth-order valence-electron chi connectivity index (χ4n) is 6.06. The Hall–Kier alpha value is -0.800. The average Bonchev–Trinajstić information content (AvgIpc) is 3.07. The Bertz CT molecular complexity index is 801. The van der Waals surface area contributed by atoms with E-state index in [2.05, 4.69) is 19.2 Å². The van der Waals surface area contributed by atoms with Gasteiger partial charge in [0.15, 0.2) is 0 Å². The highest BCUT2D eigenvalue weighted by atomic mass is 31.2. The molecule has 0 aromatic rings. The highest BCUT2D eigenvalue weighted by Crippen LogP contribution is 2.43. The molecular weight excluding hydrogens is 639 g/mol. The number of amides is 1. The molecule has 9 nitrogen and oxygen atoms in total. The van der Waals surface area contributed by atoms with Gasteiger partial charge in [0.25, 0.3) is 0 Å². The zero-order chi connectivity index (χ0) is 36.3. The maximum atomic E-state index is 12.8. The lowest BCUT2D eigenvalue weighted by Gasteiger charge is -2.24. The normalized spacial score (nSPS) is 15.0. The van der Waals surface area contributed by atoms with Gasteiger partial charge in [-0.3, -0.25) is 13.8 Å². The lowest BCUT2D eigenvalue weighted by molar-refractivity contribution is -0.124. The summed E-state index contributed by atoms with van der Waals surface area (Å²) in [6.07, 6.45) is 34.3. The molecule has 0 aromatic carbocycles. The van der Waals surface area contributed by atoms with Crippen molar-refractivity contribution in [2.45, 2.75) is 212 Å². The molecule has 0 saturated heterocycles. The standard InChI is InChI=1S/C39H79N2O7P/c1-3-5-7-9-11-13-15-17-18-19-21-23-25-27-29-31-38(43)37(35-48-49(45,46)47-33-32-40)41-39(44)34-36(42)30-28-26-24-22-20-16-14-12-10-8-6-4-2/h29,31,36-38,42-43H,3-28,30,32-35,40H2,1-2H3,(H,41,44)(H,45,46)/b31-29+. The van der Waals surface area contributed by atoms with E-state index in [1.165, 1.54) is 128 Å². The average molecular weight is 719 g/mol. The largest absolute Gasteiger partial charge is 0.472 e. The summed E-state index contributed by atoms with van der Waals surface area (Å²) in [5.74, 6) is -0.445. The third-order valence-corrected chi connectivity index (χ3v) is 10.2. The Morgan fingerprint density at radius 3 is 1.57 bits per heavy atom. The van der Waals surface area contributed by atoms with E-state index in [1.54, 1.807) is 6.08 Å². The van der Waals surface area contributed by atoms with Gasteiger partial charge in [0, 0.05) is 6.54 Å². The molecule has 292 valence electrons. The monoisotopic (exact) mass is 719 g/mol. The predicted octanol–water partition coefficient (Wildman–Crippen LogP) is 9.80. The van der Waals surface area contributed by atoms with Crippen LogP contribution in [0.25, 0.3) is 0 Å². The number of allylic oxidation sites excluding steroid dienone is 1. The second-order valence-corrected chi connectivity index (χ2v) is 15.5. The molecule has 4 unspecified atom stereocenters. The van der Waals surface area contributed by atoms with Crippen molar-refractivity contribution in [3.63, 3.8) is 0 Å². The van der Waals surface area contributed by atoms with Crippen LogP contribution in [0.5, 0.6) is 0 Å². The molecule has 0 aliphatic carbocycles. The summed E-state index contributed by atoms with van der Waals surface area (Å²) in [5, 5.41) is 24.0. The van der Waals surface area contributed by atoms with E-state index in [9.17, 15) is 24.5 Å². The number of unbranched alkanes of at least 4 members (excludes halogenated alkanes) is 24. The maximum absolute atomic E-state index is 12.8. The Morgan fingerprint density at radius 1 is 0.694 bits per heavy atom. The van der Waals surface area contributed by atoms with Crippen LogP contribution in [0.1, 0.15) is 194 Å². The molecule has 1 amide bonds. The molecule has 0 bridgehead atoms. The van der Waals surface area contributed by atoms with Crippen molar-refractivity contribution in [2.24, 2.45) is 5.73 Å². The summed E-state index contributed by atoms with van der Waals surface area (Å²) in [6, 6.07) is -0.976. The highest BCUT2D eigenvalue weighted by Gasteiger charge is 2.27. The molecule has 0 radical (unpaired) electrons. The number of carbonyl (C=O) groups is 1. The van der Waals surface area contributed by atoms with E-state index < -0.39 is 38.6 Å². The van der Waals surface area contributed by atoms with Crippen molar-refractivity contribution in [3.05, 3.63) is 12.2 Å². The Labute approximate surface area is 301 Å². The van der Waals surface area contributed by atoms with Gasteiger partial charge in [0.05, 0.1) is 37.9 Å². The van der Waals surface area contributed by atoms with Crippen LogP contribution < -0.4 is 11.1 Å². The zero-order valence-corrected chi connectivity index (χ0v) is 32.7. The summed E-state index contributed by atoms with van der Waals surface area (Å²) >= 11 is 0. The van der Waals surface area contributed by atoms with Crippen LogP contribution >= 0.6 is 7.82 Å². The molecule has 0 fully saturated rings. The number of hydrogen-bond donors (Lipinski definition) is 5. The first kappa shape index (κ1) is 48.2. The summed E-state index contributed by atoms with van der Waals surface area (Å²) in [4.78, 5) is 22.7. The minimum atomic E-state index is -4.39. The molecular formula is C39H79N2O7P. The summed E-state index contributed by atoms with van der Waals surface area (Å²) < 4.78 is 22.0. The van der Waals surface area contributed by atoms with Crippen LogP contribution in [0.15, 0.2) is 12.2 Å². The second kappa shape index (κ2) is 35.6. The number of nitrogens with two attached hydrogens (primary N) is 1. The van der Waals surface area contributed by atoms with Gasteiger partial charge in [-0.2, -0.15) is 0 Å². The number of aliphatic hydroxyl groups is 2. The van der Waals surface area contributed by atoms with Gasteiger partial charge in [-0.05, 0) is 19.3 Å². The van der Waals surface area contributed by atoms with Crippen LogP contribution in [-0.4, -0.2) is 59.0 Å². The van der Waals surface area contributed by atoms with E-state index >= 15 is 0 Å². The van der Waals surface area contributed by atoms with Crippen LogP contribution in [0.2, 0.25) is 0 Å². The van der Waals surface area contributed by atoms with Crippen molar-refractivity contribution in [2.75, 3.05) is 19.8 Å². The molecule has 0 rings (SSSR count). The third kappa shape index (κ3) is 34.1. The van der Waals surface area contributed by atoms with Gasteiger partial charge in [-0.15, -0.1) is 0 Å². The van der Waals surface area contributed by atoms with E-state index in [1.807, 2.05) is 6.08 Å². The van der Waals surface area contributed by atoms with Crippen molar-refractivity contribution < 1.29 is 33.5 Å². The van der Waals surface area contributed by atoms with Crippen molar-refractivity contribution in [1.29, 1.82) is 0 Å². The Morgan fingerprint density at radius 2 is 1.12 bits per heavy atom. The van der Waals surface area contributed by atoms with E-state index in [0.29, 0.717) is 6.42 Å². The molecule has 0 heterocycles. The van der Waals surface area contributed by atoms with Crippen LogP contribution in [-0.2, 0) is 18.4 Å². The summed E-state index contributed by atoms with van der Waals surface area (Å²) in [6.45, 7) is 3.97. The van der Waals surface area contributed by atoms with Crippen LogP contribution in [0.3, 0.4) is 0 Å².